The molecule has 0 unspecified atom stereocenters. The lowest BCUT2D eigenvalue weighted by Gasteiger charge is -2.36. The minimum atomic E-state index is 0.164. The molecule has 0 aromatic heterocycles. The minimum Gasteiger partial charge on any atom is -0.399 e. The molecule has 0 radical (unpaired) electrons. The Morgan fingerprint density at radius 2 is 1.89 bits per heavy atom. The maximum absolute atomic E-state index is 11.3. The Morgan fingerprint density at radius 3 is 2.42 bits per heavy atom. The van der Waals surface area contributed by atoms with E-state index in [1.54, 1.807) is 6.92 Å². The largest absolute Gasteiger partial charge is 0.399 e. The summed E-state index contributed by atoms with van der Waals surface area (Å²) in [5, 5.41) is 0. The molecule has 1 aliphatic heterocycles. The van der Waals surface area contributed by atoms with Gasteiger partial charge in [-0.2, -0.15) is 0 Å². The fourth-order valence-corrected chi connectivity index (χ4v) is 2.60. The summed E-state index contributed by atoms with van der Waals surface area (Å²) in [6, 6.07) is 8.48. The van der Waals surface area contributed by atoms with Gasteiger partial charge in [-0.15, -0.1) is 0 Å². The molecule has 1 aromatic carbocycles. The first-order chi connectivity index (χ1) is 9.06. The lowest BCUT2D eigenvalue weighted by molar-refractivity contribution is -0.130. The molecule has 104 valence electrons. The Balaban J connectivity index is 1.83. The number of nitrogens with two attached hydrogens (primary N) is 1. The van der Waals surface area contributed by atoms with Crippen LogP contribution in [0.5, 0.6) is 0 Å². The van der Waals surface area contributed by atoms with Crippen LogP contribution in [0, 0.1) is 0 Å². The van der Waals surface area contributed by atoms with Crippen molar-refractivity contribution in [1.29, 1.82) is 0 Å². The molecule has 2 N–H and O–H groups in total. The lowest BCUT2D eigenvalue weighted by Crippen LogP contribution is -2.44. The highest BCUT2D eigenvalue weighted by atomic mass is 16.2. The fraction of sp³-hybridized carbons (Fsp3) is 0.533. The van der Waals surface area contributed by atoms with Crippen molar-refractivity contribution >= 4 is 11.6 Å². The zero-order valence-electron chi connectivity index (χ0n) is 11.8. The van der Waals surface area contributed by atoms with Crippen LogP contribution in [-0.4, -0.2) is 41.9 Å². The zero-order chi connectivity index (χ0) is 13.8. The van der Waals surface area contributed by atoms with E-state index in [2.05, 4.69) is 17.0 Å². The van der Waals surface area contributed by atoms with Gasteiger partial charge in [-0.3, -0.25) is 9.69 Å². The van der Waals surface area contributed by atoms with Crippen molar-refractivity contribution in [2.45, 2.75) is 32.4 Å². The van der Waals surface area contributed by atoms with Crippen molar-refractivity contribution in [3.8, 4) is 0 Å². The molecule has 1 aliphatic rings. The van der Waals surface area contributed by atoms with E-state index in [1.165, 1.54) is 5.56 Å². The highest BCUT2D eigenvalue weighted by Gasteiger charge is 2.23. The summed E-state index contributed by atoms with van der Waals surface area (Å²) >= 11 is 0. The predicted molar refractivity (Wildman–Crippen MR) is 77.6 cm³/mol. The molecule has 2 rings (SSSR count). The first-order valence-electron chi connectivity index (χ1n) is 6.86. The number of piperidine rings is 1. The van der Waals surface area contributed by atoms with Crippen LogP contribution < -0.4 is 5.73 Å². The highest BCUT2D eigenvalue weighted by molar-refractivity contribution is 5.73. The third kappa shape index (κ3) is 3.70. The van der Waals surface area contributed by atoms with Gasteiger partial charge in [-0.1, -0.05) is 12.1 Å². The molecule has 4 nitrogen and oxygen atoms in total. The number of nitrogen functional groups attached to an aromatic ring is 1. The van der Waals surface area contributed by atoms with Crippen molar-refractivity contribution in [3.63, 3.8) is 0 Å². The van der Waals surface area contributed by atoms with Crippen LogP contribution in [-0.2, 0) is 11.3 Å². The van der Waals surface area contributed by atoms with Crippen LogP contribution in [0.15, 0.2) is 24.3 Å². The molecule has 0 bridgehead atoms. The van der Waals surface area contributed by atoms with Crippen molar-refractivity contribution in [2.24, 2.45) is 0 Å². The summed E-state index contributed by atoms with van der Waals surface area (Å²) in [4.78, 5) is 15.7. The molecule has 0 saturated carbocycles. The van der Waals surface area contributed by atoms with E-state index >= 15 is 0 Å². The maximum Gasteiger partial charge on any atom is 0.219 e. The molecule has 4 heteroatoms. The van der Waals surface area contributed by atoms with Gasteiger partial charge in [0, 0.05) is 45.3 Å². The zero-order valence-corrected chi connectivity index (χ0v) is 11.8. The number of amides is 1. The standard InChI is InChI=1S/C15H23N3O/c1-12(19)17(2)15-7-9-18(10-8-15)11-13-3-5-14(16)6-4-13/h3-6,15H,7-11,16H2,1-2H3. The average molecular weight is 261 g/mol. The van der Waals surface area contributed by atoms with E-state index in [1.807, 2.05) is 24.1 Å². The van der Waals surface area contributed by atoms with Crippen LogP contribution in [0.3, 0.4) is 0 Å². The Bertz CT molecular complexity index is 422. The van der Waals surface area contributed by atoms with E-state index < -0.39 is 0 Å². The first-order valence-corrected chi connectivity index (χ1v) is 6.86. The third-order valence-corrected chi connectivity index (χ3v) is 3.99. The van der Waals surface area contributed by atoms with E-state index in [4.69, 9.17) is 5.73 Å². The van der Waals surface area contributed by atoms with Crippen LogP contribution in [0.25, 0.3) is 0 Å². The average Bonchev–Trinajstić information content (AvgIpc) is 2.41. The van der Waals surface area contributed by atoms with Gasteiger partial charge < -0.3 is 10.6 Å². The summed E-state index contributed by atoms with van der Waals surface area (Å²) in [7, 11) is 1.91. The molecule has 1 saturated heterocycles. The quantitative estimate of drug-likeness (QED) is 0.843. The van der Waals surface area contributed by atoms with Gasteiger partial charge >= 0.3 is 0 Å². The van der Waals surface area contributed by atoms with Crippen LogP contribution >= 0.6 is 0 Å². The van der Waals surface area contributed by atoms with Gasteiger partial charge in [0.2, 0.25) is 5.91 Å². The monoisotopic (exact) mass is 261 g/mol. The first kappa shape index (κ1) is 13.9. The number of rotatable bonds is 3. The summed E-state index contributed by atoms with van der Waals surface area (Å²) in [5.41, 5.74) is 7.80. The highest BCUT2D eigenvalue weighted by Crippen LogP contribution is 2.18. The molecule has 0 atom stereocenters. The number of hydrogen-bond donors (Lipinski definition) is 1. The van der Waals surface area contributed by atoms with Gasteiger partial charge in [0.05, 0.1) is 0 Å². The molecule has 1 heterocycles. The summed E-state index contributed by atoms with van der Waals surface area (Å²) < 4.78 is 0. The summed E-state index contributed by atoms with van der Waals surface area (Å²) in [5.74, 6) is 0.164. The lowest BCUT2D eigenvalue weighted by atomic mass is 10.0. The van der Waals surface area contributed by atoms with Gasteiger partial charge in [0.25, 0.3) is 0 Å². The number of nitrogens with zero attached hydrogens (tertiary/aromatic N) is 2. The molecule has 1 fully saturated rings. The van der Waals surface area contributed by atoms with Crippen LogP contribution in [0.1, 0.15) is 25.3 Å². The number of hydrogen-bond acceptors (Lipinski definition) is 3. The second-order valence-electron chi connectivity index (χ2n) is 5.38. The molecule has 1 aromatic rings. The summed E-state index contributed by atoms with van der Waals surface area (Å²) in [6.07, 6.45) is 2.12. The molecular formula is C15H23N3O. The Hall–Kier alpha value is -1.55. The van der Waals surface area contributed by atoms with E-state index in [0.29, 0.717) is 6.04 Å². The molecule has 1 amide bonds. The van der Waals surface area contributed by atoms with Crippen molar-refractivity contribution in [3.05, 3.63) is 29.8 Å². The maximum atomic E-state index is 11.3. The van der Waals surface area contributed by atoms with Crippen LogP contribution in [0.4, 0.5) is 5.69 Å². The van der Waals surface area contributed by atoms with Gasteiger partial charge in [-0.05, 0) is 30.5 Å². The molecule has 0 spiro atoms. The number of carbonyl (C=O) groups is 1. The Kier molecular flexibility index (Phi) is 4.43. The number of likely N-dealkylation sites (tertiary alicyclic amines) is 1. The van der Waals surface area contributed by atoms with Gasteiger partial charge in [0.15, 0.2) is 0 Å². The van der Waals surface area contributed by atoms with E-state index in [-0.39, 0.29) is 5.91 Å². The third-order valence-electron chi connectivity index (χ3n) is 3.99. The molecular weight excluding hydrogens is 238 g/mol. The topological polar surface area (TPSA) is 49.6 Å². The minimum absolute atomic E-state index is 0.164. The summed E-state index contributed by atoms with van der Waals surface area (Å²) in [6.45, 7) is 4.71. The number of carbonyl (C=O) groups excluding carboxylic acids is 1. The van der Waals surface area contributed by atoms with Crippen molar-refractivity contribution < 1.29 is 4.79 Å². The van der Waals surface area contributed by atoms with Crippen LogP contribution in [0.2, 0.25) is 0 Å². The second kappa shape index (κ2) is 6.06. The van der Waals surface area contributed by atoms with E-state index in [0.717, 1.165) is 38.2 Å². The number of anilines is 1. The number of benzene rings is 1. The van der Waals surface area contributed by atoms with Gasteiger partial charge in [0.1, 0.15) is 0 Å². The van der Waals surface area contributed by atoms with Crippen molar-refractivity contribution in [1.82, 2.24) is 9.80 Å². The predicted octanol–water partition coefficient (Wildman–Crippen LogP) is 1.71. The van der Waals surface area contributed by atoms with Gasteiger partial charge in [-0.25, -0.2) is 0 Å². The Labute approximate surface area is 115 Å². The van der Waals surface area contributed by atoms with E-state index in [9.17, 15) is 4.79 Å². The Morgan fingerprint density at radius 1 is 1.32 bits per heavy atom. The SMILES string of the molecule is CC(=O)N(C)C1CCN(Cc2ccc(N)cc2)CC1. The molecule has 0 aliphatic carbocycles. The molecule has 19 heavy (non-hydrogen) atoms. The second-order valence-corrected chi connectivity index (χ2v) is 5.38. The smallest absolute Gasteiger partial charge is 0.219 e. The van der Waals surface area contributed by atoms with Crippen molar-refractivity contribution in [2.75, 3.05) is 25.9 Å². The fourth-order valence-electron chi connectivity index (χ4n) is 2.60. The normalized spacial score (nSPS) is 17.4.